The molecule has 1 aliphatic heterocycles. The maximum absolute atomic E-state index is 13.1. The summed E-state index contributed by atoms with van der Waals surface area (Å²) in [5.74, 6) is 1.47. The highest BCUT2D eigenvalue weighted by Gasteiger charge is 2.40. The van der Waals surface area contributed by atoms with Gasteiger partial charge in [0.15, 0.2) is 5.78 Å². The zero-order chi connectivity index (χ0) is 17.7. The van der Waals surface area contributed by atoms with Crippen molar-refractivity contribution < 1.29 is 9.21 Å². The third-order valence-corrected chi connectivity index (χ3v) is 5.23. The van der Waals surface area contributed by atoms with E-state index in [4.69, 9.17) is 16.0 Å². The smallest absolute Gasteiger partial charge is 0.226 e. The molecule has 1 N–H and O–H groups in total. The molecule has 5 rings (SSSR count). The topological polar surface area (TPSA) is 73.0 Å². The summed E-state index contributed by atoms with van der Waals surface area (Å²) >= 11 is 6.13. The normalized spacial score (nSPS) is 22.0. The molecule has 0 radical (unpaired) electrons. The summed E-state index contributed by atoms with van der Waals surface area (Å²) in [7, 11) is 0. The van der Waals surface area contributed by atoms with E-state index in [1.807, 2.05) is 36.4 Å². The van der Waals surface area contributed by atoms with Crippen LogP contribution in [-0.2, 0) is 4.79 Å². The molecule has 7 heteroatoms. The van der Waals surface area contributed by atoms with Crippen molar-refractivity contribution in [2.75, 3.05) is 5.32 Å². The fourth-order valence-corrected chi connectivity index (χ4v) is 4.06. The van der Waals surface area contributed by atoms with Gasteiger partial charge in [0.05, 0.1) is 6.26 Å². The quantitative estimate of drug-likeness (QED) is 0.743. The Morgan fingerprint density at radius 3 is 2.96 bits per heavy atom. The molecule has 2 aromatic heterocycles. The Hall–Kier alpha value is -2.86. The van der Waals surface area contributed by atoms with Crippen molar-refractivity contribution in [1.82, 2.24) is 14.8 Å². The van der Waals surface area contributed by atoms with Gasteiger partial charge in [-0.05, 0) is 42.2 Å². The van der Waals surface area contributed by atoms with Crippen molar-refractivity contribution in [1.29, 1.82) is 0 Å². The lowest BCUT2D eigenvalue weighted by Crippen LogP contribution is -2.33. The molecule has 26 heavy (non-hydrogen) atoms. The third kappa shape index (κ3) is 2.37. The Balaban J connectivity index is 1.59. The summed E-state index contributed by atoms with van der Waals surface area (Å²) in [6, 6.07) is 11.0. The summed E-state index contributed by atoms with van der Waals surface area (Å²) in [4.78, 5) is 17.4. The molecule has 1 aliphatic carbocycles. The number of carbonyl (C=O) groups excluding carboxylic acids is 1. The van der Waals surface area contributed by atoms with Gasteiger partial charge >= 0.3 is 0 Å². The Morgan fingerprint density at radius 2 is 2.15 bits per heavy atom. The number of Topliss-reactive ketones (excluding diaryl/α,β-unsaturated/α-hetero) is 1. The van der Waals surface area contributed by atoms with E-state index < -0.39 is 0 Å². The minimum Gasteiger partial charge on any atom is -0.467 e. The molecule has 0 amide bonds. The van der Waals surface area contributed by atoms with Crippen LogP contribution in [0.5, 0.6) is 0 Å². The number of allylic oxidation sites excluding steroid dienone is 2. The van der Waals surface area contributed by atoms with E-state index >= 15 is 0 Å². The van der Waals surface area contributed by atoms with Crippen LogP contribution in [0.1, 0.15) is 36.1 Å². The number of hydrogen-bond donors (Lipinski definition) is 1. The first-order valence-electron chi connectivity index (χ1n) is 8.42. The van der Waals surface area contributed by atoms with E-state index in [-0.39, 0.29) is 17.7 Å². The fraction of sp³-hybridized carbons (Fsp3) is 0.211. The Kier molecular flexibility index (Phi) is 3.46. The van der Waals surface area contributed by atoms with E-state index in [2.05, 4.69) is 15.4 Å². The van der Waals surface area contributed by atoms with Gasteiger partial charge in [-0.2, -0.15) is 10.1 Å². The number of furan rings is 1. The number of nitrogens with one attached hydrogen (secondary N) is 1. The van der Waals surface area contributed by atoms with Crippen LogP contribution in [0.15, 0.2) is 64.7 Å². The van der Waals surface area contributed by atoms with Gasteiger partial charge in [-0.1, -0.05) is 23.7 Å². The molecule has 0 spiro atoms. The van der Waals surface area contributed by atoms with Gasteiger partial charge in [0.2, 0.25) is 5.95 Å². The van der Waals surface area contributed by atoms with Crippen LogP contribution < -0.4 is 5.32 Å². The molecule has 2 aliphatic rings. The summed E-state index contributed by atoms with van der Waals surface area (Å²) < 4.78 is 7.31. The van der Waals surface area contributed by atoms with Crippen LogP contribution in [0.3, 0.4) is 0 Å². The first-order valence-corrected chi connectivity index (χ1v) is 8.80. The number of rotatable bonds is 2. The van der Waals surface area contributed by atoms with Crippen molar-refractivity contribution in [3.63, 3.8) is 0 Å². The molecule has 0 saturated carbocycles. The van der Waals surface area contributed by atoms with Crippen LogP contribution >= 0.6 is 11.6 Å². The van der Waals surface area contributed by atoms with Gasteiger partial charge in [-0.15, -0.1) is 0 Å². The second kappa shape index (κ2) is 5.85. The van der Waals surface area contributed by atoms with Crippen LogP contribution in [-0.4, -0.2) is 20.5 Å². The summed E-state index contributed by atoms with van der Waals surface area (Å²) in [5.41, 5.74) is 2.66. The number of nitrogens with zero attached hydrogens (tertiary/aromatic N) is 3. The number of benzene rings is 1. The molecule has 6 nitrogen and oxygen atoms in total. The largest absolute Gasteiger partial charge is 0.467 e. The van der Waals surface area contributed by atoms with E-state index in [0.29, 0.717) is 35.1 Å². The molecule has 1 aromatic carbocycles. The average molecular weight is 367 g/mol. The number of ketones is 1. The molecule has 2 unspecified atom stereocenters. The number of hydrogen-bond acceptors (Lipinski definition) is 5. The van der Waals surface area contributed by atoms with Crippen molar-refractivity contribution in [3.05, 3.63) is 76.6 Å². The van der Waals surface area contributed by atoms with Crippen molar-refractivity contribution in [2.45, 2.75) is 24.8 Å². The molecule has 3 aromatic rings. The van der Waals surface area contributed by atoms with Crippen LogP contribution in [0.4, 0.5) is 5.95 Å². The molecule has 0 fully saturated rings. The lowest BCUT2D eigenvalue weighted by atomic mass is 9.79. The lowest BCUT2D eigenvalue weighted by Gasteiger charge is -2.34. The second-order valence-corrected chi connectivity index (χ2v) is 6.98. The number of aromatic nitrogens is 3. The molecule has 0 bridgehead atoms. The maximum Gasteiger partial charge on any atom is 0.226 e. The Bertz CT molecular complexity index is 1020. The highest BCUT2D eigenvalue weighted by atomic mass is 35.5. The van der Waals surface area contributed by atoms with E-state index in [9.17, 15) is 4.79 Å². The zero-order valence-corrected chi connectivity index (χ0v) is 14.5. The van der Waals surface area contributed by atoms with Crippen LogP contribution in [0, 0.1) is 0 Å². The van der Waals surface area contributed by atoms with E-state index in [1.54, 1.807) is 10.9 Å². The van der Waals surface area contributed by atoms with Gasteiger partial charge < -0.3 is 9.73 Å². The predicted molar refractivity (Wildman–Crippen MR) is 96.0 cm³/mol. The summed E-state index contributed by atoms with van der Waals surface area (Å²) in [6.45, 7) is 0. The number of fused-ring (bicyclic) bond motifs is 1. The van der Waals surface area contributed by atoms with Crippen molar-refractivity contribution >= 4 is 23.3 Å². The third-order valence-electron chi connectivity index (χ3n) is 4.99. The monoisotopic (exact) mass is 366 g/mol. The zero-order valence-electron chi connectivity index (χ0n) is 13.7. The van der Waals surface area contributed by atoms with Gasteiger partial charge in [0, 0.05) is 22.7 Å². The first-order chi connectivity index (χ1) is 12.7. The van der Waals surface area contributed by atoms with E-state index in [0.717, 1.165) is 11.3 Å². The minimum absolute atomic E-state index is 0.0826. The SMILES string of the molecule is O=C1CC(c2cccc(Cl)c2)CC2=C1C(c1ccco1)n1ncnc1N2. The molecule has 0 saturated heterocycles. The maximum atomic E-state index is 13.1. The predicted octanol–water partition coefficient (Wildman–Crippen LogP) is 3.94. The van der Waals surface area contributed by atoms with Gasteiger partial charge in [0.1, 0.15) is 18.1 Å². The number of halogens is 1. The fourth-order valence-electron chi connectivity index (χ4n) is 3.86. The Morgan fingerprint density at radius 1 is 1.23 bits per heavy atom. The molecule has 2 atom stereocenters. The van der Waals surface area contributed by atoms with Gasteiger partial charge in [0.25, 0.3) is 0 Å². The standard InChI is InChI=1S/C19H15ClN4O2/c20-13-4-1-3-11(7-13)12-8-14-17(15(25)9-12)18(16-5-2-6-26-16)24-19(23-14)21-10-22-24/h1-7,10,12,18H,8-9H2,(H,21,22,23). The second-order valence-electron chi connectivity index (χ2n) is 6.55. The number of carbonyl (C=O) groups is 1. The first kappa shape index (κ1) is 15.4. The van der Waals surface area contributed by atoms with Crippen LogP contribution in [0.25, 0.3) is 0 Å². The highest BCUT2D eigenvalue weighted by Crippen LogP contribution is 2.44. The molecule has 3 heterocycles. The Labute approximate surface area is 154 Å². The highest BCUT2D eigenvalue weighted by molar-refractivity contribution is 6.30. The summed E-state index contributed by atoms with van der Waals surface area (Å²) in [5, 5.41) is 8.26. The number of anilines is 1. The summed E-state index contributed by atoms with van der Waals surface area (Å²) in [6.07, 6.45) is 4.24. The lowest BCUT2D eigenvalue weighted by molar-refractivity contribution is -0.116. The van der Waals surface area contributed by atoms with Crippen molar-refractivity contribution in [2.24, 2.45) is 0 Å². The average Bonchev–Trinajstić information content (AvgIpc) is 3.31. The molecular weight excluding hydrogens is 352 g/mol. The minimum atomic E-state index is -0.383. The van der Waals surface area contributed by atoms with Gasteiger partial charge in [-0.3, -0.25) is 4.79 Å². The molecule has 130 valence electrons. The molecular formula is C19H15ClN4O2. The van der Waals surface area contributed by atoms with Gasteiger partial charge in [-0.25, -0.2) is 4.68 Å². The van der Waals surface area contributed by atoms with E-state index in [1.165, 1.54) is 6.33 Å². The van der Waals surface area contributed by atoms with Crippen LogP contribution in [0.2, 0.25) is 5.02 Å². The van der Waals surface area contributed by atoms with Crippen molar-refractivity contribution in [3.8, 4) is 0 Å².